The topological polar surface area (TPSA) is 46.5 Å². The number of aliphatic hydroxyl groups is 1. The predicted molar refractivity (Wildman–Crippen MR) is 49.2 cm³/mol. The Bertz CT molecular complexity index is 193. The number of ether oxygens (including phenoxy) is 1. The summed E-state index contributed by atoms with van der Waals surface area (Å²) in [7, 11) is 0. The highest BCUT2D eigenvalue weighted by Gasteiger charge is 2.31. The molecule has 0 aromatic heterocycles. The maximum Gasteiger partial charge on any atom is 0.309 e. The van der Waals surface area contributed by atoms with Gasteiger partial charge in [-0.25, -0.2) is 0 Å². The summed E-state index contributed by atoms with van der Waals surface area (Å²) in [6.07, 6.45) is 1.74. The number of hydrogen-bond acceptors (Lipinski definition) is 3. The molecule has 1 unspecified atom stereocenters. The van der Waals surface area contributed by atoms with Gasteiger partial charge >= 0.3 is 5.97 Å². The molecular weight excluding hydrogens is 168 g/mol. The molecule has 0 radical (unpaired) electrons. The molecule has 0 aliphatic heterocycles. The van der Waals surface area contributed by atoms with E-state index in [9.17, 15) is 9.90 Å². The van der Waals surface area contributed by atoms with E-state index < -0.39 is 5.60 Å². The maximum absolute atomic E-state index is 11.5. The summed E-state index contributed by atoms with van der Waals surface area (Å²) in [5.74, 6) is -0.252. The molecule has 13 heavy (non-hydrogen) atoms. The van der Waals surface area contributed by atoms with Gasteiger partial charge in [0, 0.05) is 0 Å². The summed E-state index contributed by atoms with van der Waals surface area (Å²) in [5.41, 5.74) is -0.412. The van der Waals surface area contributed by atoms with E-state index in [-0.39, 0.29) is 18.0 Å². The molecule has 2 atom stereocenters. The van der Waals surface area contributed by atoms with Crippen molar-refractivity contribution in [1.82, 2.24) is 0 Å². The summed E-state index contributed by atoms with van der Waals surface area (Å²) >= 11 is 0. The van der Waals surface area contributed by atoms with Gasteiger partial charge in [0.25, 0.3) is 0 Å². The fourth-order valence-corrected chi connectivity index (χ4v) is 1.56. The van der Waals surface area contributed by atoms with Gasteiger partial charge in [0.1, 0.15) is 5.60 Å². The molecule has 3 nitrogen and oxygen atoms in total. The Morgan fingerprint density at radius 3 is 2.38 bits per heavy atom. The first-order valence-electron chi connectivity index (χ1n) is 4.79. The van der Waals surface area contributed by atoms with Crippen LogP contribution in [0.2, 0.25) is 0 Å². The van der Waals surface area contributed by atoms with Crippen molar-refractivity contribution in [1.29, 1.82) is 0 Å². The van der Waals surface area contributed by atoms with Gasteiger partial charge in [-0.1, -0.05) is 0 Å². The number of aliphatic hydroxyl groups excluding tert-OH is 1. The van der Waals surface area contributed by atoms with Crippen LogP contribution in [0.15, 0.2) is 0 Å². The van der Waals surface area contributed by atoms with Crippen LogP contribution < -0.4 is 0 Å². The molecule has 1 aliphatic carbocycles. The Hall–Kier alpha value is -0.570. The van der Waals surface area contributed by atoms with E-state index in [0.29, 0.717) is 6.42 Å². The smallest absolute Gasteiger partial charge is 0.309 e. The Morgan fingerprint density at radius 1 is 1.38 bits per heavy atom. The number of hydrogen-bond donors (Lipinski definition) is 1. The number of carbonyl (C=O) groups excluding carboxylic acids is 1. The van der Waals surface area contributed by atoms with Crippen molar-refractivity contribution in [3.05, 3.63) is 0 Å². The lowest BCUT2D eigenvalue weighted by Gasteiger charge is -2.21. The molecule has 0 heterocycles. The zero-order chi connectivity index (χ0) is 10.1. The highest BCUT2D eigenvalue weighted by Crippen LogP contribution is 2.27. The first-order chi connectivity index (χ1) is 5.88. The maximum atomic E-state index is 11.5. The third-order valence-corrected chi connectivity index (χ3v) is 2.15. The standard InChI is InChI=1S/C10H18O3/c1-10(2,3)13-9(12)7-4-5-8(11)6-7/h7-8,11H,4-6H2,1-3H3/t7-,8?/m1/s1. The second kappa shape index (κ2) is 3.66. The molecule has 1 N–H and O–H groups in total. The summed E-state index contributed by atoms with van der Waals surface area (Å²) in [6.45, 7) is 5.57. The average molecular weight is 186 g/mol. The van der Waals surface area contributed by atoms with Gasteiger partial charge in [0.2, 0.25) is 0 Å². The molecule has 1 rings (SSSR count). The first kappa shape index (κ1) is 10.5. The Labute approximate surface area is 79.1 Å². The molecule has 0 aromatic carbocycles. The molecule has 1 saturated carbocycles. The zero-order valence-corrected chi connectivity index (χ0v) is 8.54. The largest absolute Gasteiger partial charge is 0.460 e. The first-order valence-corrected chi connectivity index (χ1v) is 4.79. The molecule has 0 bridgehead atoms. The summed E-state index contributed by atoms with van der Waals surface area (Å²) in [5, 5.41) is 9.24. The lowest BCUT2D eigenvalue weighted by Crippen LogP contribution is -2.28. The van der Waals surface area contributed by atoms with Crippen LogP contribution in [0, 0.1) is 5.92 Å². The third-order valence-electron chi connectivity index (χ3n) is 2.15. The molecule has 3 heteroatoms. The van der Waals surface area contributed by atoms with Crippen molar-refractivity contribution < 1.29 is 14.6 Å². The van der Waals surface area contributed by atoms with Gasteiger partial charge in [-0.2, -0.15) is 0 Å². The monoisotopic (exact) mass is 186 g/mol. The Morgan fingerprint density at radius 2 is 2.00 bits per heavy atom. The summed E-state index contributed by atoms with van der Waals surface area (Å²) in [4.78, 5) is 11.5. The van der Waals surface area contributed by atoms with Crippen LogP contribution in [0.4, 0.5) is 0 Å². The van der Waals surface area contributed by atoms with Crippen molar-refractivity contribution in [3.8, 4) is 0 Å². The minimum absolute atomic E-state index is 0.0887. The number of esters is 1. The molecular formula is C10H18O3. The molecule has 0 aromatic rings. The van der Waals surface area contributed by atoms with E-state index in [1.807, 2.05) is 20.8 Å². The normalized spacial score (nSPS) is 28.9. The fourth-order valence-electron chi connectivity index (χ4n) is 1.56. The lowest BCUT2D eigenvalue weighted by atomic mass is 10.1. The second-order valence-electron chi connectivity index (χ2n) is 4.70. The molecule has 0 saturated heterocycles. The minimum Gasteiger partial charge on any atom is -0.460 e. The Balaban J connectivity index is 2.41. The van der Waals surface area contributed by atoms with Gasteiger partial charge in [-0.05, 0) is 40.0 Å². The van der Waals surface area contributed by atoms with E-state index in [1.54, 1.807) is 0 Å². The predicted octanol–water partition coefficient (Wildman–Crippen LogP) is 1.49. The van der Waals surface area contributed by atoms with Crippen LogP contribution in [0.5, 0.6) is 0 Å². The molecule has 1 aliphatic rings. The van der Waals surface area contributed by atoms with E-state index in [4.69, 9.17) is 4.74 Å². The number of carbonyl (C=O) groups is 1. The van der Waals surface area contributed by atoms with Crippen LogP contribution in [-0.2, 0) is 9.53 Å². The van der Waals surface area contributed by atoms with Crippen molar-refractivity contribution in [2.75, 3.05) is 0 Å². The van der Waals surface area contributed by atoms with Gasteiger partial charge in [0.05, 0.1) is 12.0 Å². The summed E-state index contributed by atoms with van der Waals surface area (Å²) in [6, 6.07) is 0. The fraction of sp³-hybridized carbons (Fsp3) is 0.900. The highest BCUT2D eigenvalue weighted by atomic mass is 16.6. The van der Waals surface area contributed by atoms with E-state index in [1.165, 1.54) is 0 Å². The number of rotatable bonds is 1. The lowest BCUT2D eigenvalue weighted by molar-refractivity contribution is -0.160. The van der Waals surface area contributed by atoms with E-state index in [2.05, 4.69) is 0 Å². The van der Waals surface area contributed by atoms with Crippen molar-refractivity contribution in [2.24, 2.45) is 5.92 Å². The van der Waals surface area contributed by atoms with Crippen molar-refractivity contribution in [3.63, 3.8) is 0 Å². The SMILES string of the molecule is CC(C)(C)OC(=O)[C@@H]1CCC(O)C1. The summed E-state index contributed by atoms with van der Waals surface area (Å²) < 4.78 is 5.22. The van der Waals surface area contributed by atoms with Crippen molar-refractivity contribution >= 4 is 5.97 Å². The van der Waals surface area contributed by atoms with Gasteiger partial charge < -0.3 is 9.84 Å². The van der Waals surface area contributed by atoms with Crippen LogP contribution in [0.3, 0.4) is 0 Å². The molecule has 0 amide bonds. The minimum atomic E-state index is -0.412. The van der Waals surface area contributed by atoms with Crippen LogP contribution in [0.25, 0.3) is 0 Å². The molecule has 76 valence electrons. The van der Waals surface area contributed by atoms with Crippen LogP contribution in [-0.4, -0.2) is 22.8 Å². The van der Waals surface area contributed by atoms with Gasteiger partial charge in [-0.15, -0.1) is 0 Å². The van der Waals surface area contributed by atoms with Crippen molar-refractivity contribution in [2.45, 2.75) is 51.7 Å². The van der Waals surface area contributed by atoms with Crippen LogP contribution >= 0.6 is 0 Å². The van der Waals surface area contributed by atoms with Gasteiger partial charge in [-0.3, -0.25) is 4.79 Å². The average Bonchev–Trinajstić information content (AvgIpc) is 2.31. The quantitative estimate of drug-likeness (QED) is 0.631. The van der Waals surface area contributed by atoms with Crippen LogP contribution in [0.1, 0.15) is 40.0 Å². The zero-order valence-electron chi connectivity index (χ0n) is 8.54. The highest BCUT2D eigenvalue weighted by molar-refractivity contribution is 5.73. The molecule has 0 spiro atoms. The Kier molecular flexibility index (Phi) is 2.96. The third kappa shape index (κ3) is 3.35. The second-order valence-corrected chi connectivity index (χ2v) is 4.70. The molecule has 1 fully saturated rings. The van der Waals surface area contributed by atoms with Gasteiger partial charge in [0.15, 0.2) is 0 Å². The van der Waals surface area contributed by atoms with E-state index in [0.717, 1.165) is 12.8 Å². The van der Waals surface area contributed by atoms with E-state index >= 15 is 0 Å².